The molecule has 4 aromatic rings. The van der Waals surface area contributed by atoms with Crippen LogP contribution in [-0.2, 0) is 11.3 Å². The lowest BCUT2D eigenvalue weighted by Crippen LogP contribution is -2.27. The summed E-state index contributed by atoms with van der Waals surface area (Å²) in [4.78, 5) is 29.7. The molecular weight excluding hydrogens is 430 g/mol. The molecule has 0 unspecified atom stereocenters. The summed E-state index contributed by atoms with van der Waals surface area (Å²) in [5.41, 5.74) is 3.91. The van der Waals surface area contributed by atoms with Gasteiger partial charge in [-0.2, -0.15) is 0 Å². The van der Waals surface area contributed by atoms with Crippen LogP contribution in [0.25, 0.3) is 22.5 Å². The summed E-state index contributed by atoms with van der Waals surface area (Å²) in [5, 5.41) is 1.90. The Kier molecular flexibility index (Phi) is 5.52. The number of fused-ring (bicyclic) bond motifs is 1. The summed E-state index contributed by atoms with van der Waals surface area (Å²) in [6.45, 7) is 0.260. The molecule has 2 heterocycles. The highest BCUT2D eigenvalue weighted by Gasteiger charge is 2.35. The minimum Gasteiger partial charge on any atom is -0.378 e. The van der Waals surface area contributed by atoms with Crippen LogP contribution in [0.1, 0.15) is 11.3 Å². The molecule has 1 fully saturated rings. The van der Waals surface area contributed by atoms with E-state index < -0.39 is 0 Å². The van der Waals surface area contributed by atoms with Crippen LogP contribution in [-0.4, -0.2) is 34.7 Å². The van der Waals surface area contributed by atoms with Crippen molar-refractivity contribution in [3.8, 4) is 5.69 Å². The van der Waals surface area contributed by atoms with Crippen LogP contribution in [0.2, 0.25) is 0 Å². The number of imide groups is 1. The first-order valence-corrected chi connectivity index (χ1v) is 11.5. The molecule has 1 saturated heterocycles. The van der Waals surface area contributed by atoms with Crippen molar-refractivity contribution >= 4 is 45.4 Å². The van der Waals surface area contributed by atoms with Gasteiger partial charge in [0.05, 0.1) is 11.4 Å². The van der Waals surface area contributed by atoms with E-state index in [0.717, 1.165) is 45.2 Å². The molecule has 33 heavy (non-hydrogen) atoms. The Morgan fingerprint density at radius 1 is 0.879 bits per heavy atom. The van der Waals surface area contributed by atoms with Gasteiger partial charge in [0.25, 0.3) is 11.1 Å². The van der Waals surface area contributed by atoms with Crippen LogP contribution in [0.3, 0.4) is 0 Å². The largest absolute Gasteiger partial charge is 0.378 e. The highest BCUT2D eigenvalue weighted by molar-refractivity contribution is 8.18. The first-order valence-electron chi connectivity index (χ1n) is 10.7. The van der Waals surface area contributed by atoms with E-state index in [9.17, 15) is 9.59 Å². The summed E-state index contributed by atoms with van der Waals surface area (Å²) < 4.78 is 2.01. The maximum atomic E-state index is 13.2. The Bertz CT molecular complexity index is 1380. The molecule has 1 aliphatic rings. The summed E-state index contributed by atoms with van der Waals surface area (Å²) in [5.74, 6) is -0.256. The summed E-state index contributed by atoms with van der Waals surface area (Å²) >= 11 is 0.993. The second kappa shape index (κ2) is 8.64. The number of nitrogens with zero attached hydrogens (tertiary/aromatic N) is 3. The van der Waals surface area contributed by atoms with Crippen molar-refractivity contribution < 1.29 is 9.59 Å². The molecule has 164 valence electrons. The zero-order valence-corrected chi connectivity index (χ0v) is 19.3. The van der Waals surface area contributed by atoms with Crippen molar-refractivity contribution in [2.24, 2.45) is 0 Å². The standard InChI is InChI=1S/C27H23N3O2S/c1-28(2)21-12-14-22(15-13-21)29-16-6-10-23(29)17-25-26(31)30(27(32)33-25)18-20-9-5-8-19-7-3-4-11-24(19)20/h3-17H,18H2,1-2H3/b25-17+. The molecule has 6 heteroatoms. The van der Waals surface area contributed by atoms with Gasteiger partial charge >= 0.3 is 0 Å². The van der Waals surface area contributed by atoms with Crippen molar-refractivity contribution in [3.63, 3.8) is 0 Å². The van der Waals surface area contributed by atoms with E-state index in [2.05, 4.69) is 12.1 Å². The van der Waals surface area contributed by atoms with E-state index >= 15 is 0 Å². The van der Waals surface area contributed by atoms with E-state index in [1.807, 2.05) is 96.5 Å². The van der Waals surface area contributed by atoms with Crippen LogP contribution in [0, 0.1) is 0 Å². The van der Waals surface area contributed by atoms with Gasteiger partial charge in [0.2, 0.25) is 0 Å². The molecule has 0 N–H and O–H groups in total. The maximum Gasteiger partial charge on any atom is 0.293 e. The van der Waals surface area contributed by atoms with E-state index in [0.29, 0.717) is 4.91 Å². The summed E-state index contributed by atoms with van der Waals surface area (Å²) in [6.07, 6.45) is 3.75. The second-order valence-corrected chi connectivity index (χ2v) is 9.11. The molecule has 3 aromatic carbocycles. The quantitative estimate of drug-likeness (QED) is 0.351. The molecule has 0 spiro atoms. The first-order chi connectivity index (χ1) is 16.0. The third-order valence-corrected chi connectivity index (χ3v) is 6.69. The van der Waals surface area contributed by atoms with Crippen molar-refractivity contribution in [2.45, 2.75) is 6.54 Å². The average Bonchev–Trinajstić information content (AvgIpc) is 3.39. The van der Waals surface area contributed by atoms with E-state index in [1.54, 1.807) is 6.08 Å². The van der Waals surface area contributed by atoms with Crippen molar-refractivity contribution in [1.29, 1.82) is 0 Å². The number of rotatable bonds is 5. The van der Waals surface area contributed by atoms with Crippen LogP contribution < -0.4 is 4.90 Å². The molecule has 0 saturated carbocycles. The molecular formula is C27H23N3O2S. The van der Waals surface area contributed by atoms with Crippen molar-refractivity contribution in [1.82, 2.24) is 9.47 Å². The molecule has 1 aromatic heterocycles. The molecule has 0 aliphatic carbocycles. The average molecular weight is 454 g/mol. The fraction of sp³-hybridized carbons (Fsp3) is 0.111. The highest BCUT2D eigenvalue weighted by atomic mass is 32.2. The van der Waals surface area contributed by atoms with Crippen molar-refractivity contribution in [3.05, 3.63) is 101 Å². The molecule has 5 rings (SSSR count). The van der Waals surface area contributed by atoms with Crippen LogP contribution in [0.15, 0.2) is 90.0 Å². The number of thioether (sulfide) groups is 1. The molecule has 0 bridgehead atoms. The first kappa shape index (κ1) is 21.1. The number of hydrogen-bond donors (Lipinski definition) is 0. The Balaban J connectivity index is 1.42. The van der Waals surface area contributed by atoms with Gasteiger partial charge in [0, 0.05) is 37.4 Å². The highest BCUT2D eigenvalue weighted by Crippen LogP contribution is 2.34. The third-order valence-electron chi connectivity index (χ3n) is 5.79. The van der Waals surface area contributed by atoms with E-state index in [1.165, 1.54) is 4.90 Å². The van der Waals surface area contributed by atoms with Crippen LogP contribution in [0.4, 0.5) is 10.5 Å². The number of aromatic nitrogens is 1. The van der Waals surface area contributed by atoms with Crippen LogP contribution in [0.5, 0.6) is 0 Å². The minimum absolute atomic E-state index is 0.243. The zero-order chi connectivity index (χ0) is 22.9. The number of carbonyl (C=O) groups is 2. The molecule has 0 atom stereocenters. The predicted octanol–water partition coefficient (Wildman–Crippen LogP) is 5.93. The smallest absolute Gasteiger partial charge is 0.293 e. The lowest BCUT2D eigenvalue weighted by atomic mass is 10.0. The van der Waals surface area contributed by atoms with Gasteiger partial charge in [-0.25, -0.2) is 0 Å². The maximum absolute atomic E-state index is 13.2. The SMILES string of the molecule is CN(C)c1ccc(-n2cccc2/C=C2/SC(=O)N(Cc3cccc4ccccc34)C2=O)cc1. The fourth-order valence-corrected chi connectivity index (χ4v) is 4.85. The predicted molar refractivity (Wildman–Crippen MR) is 136 cm³/mol. The Morgan fingerprint density at radius 3 is 2.42 bits per heavy atom. The monoisotopic (exact) mass is 453 g/mol. The van der Waals surface area contributed by atoms with Crippen molar-refractivity contribution in [2.75, 3.05) is 19.0 Å². The number of hydrogen-bond acceptors (Lipinski definition) is 4. The fourth-order valence-electron chi connectivity index (χ4n) is 4.03. The van der Waals surface area contributed by atoms with E-state index in [4.69, 9.17) is 0 Å². The second-order valence-electron chi connectivity index (χ2n) is 8.12. The molecule has 0 radical (unpaired) electrons. The van der Waals surface area contributed by atoms with Gasteiger partial charge in [-0.05, 0) is 70.6 Å². The van der Waals surface area contributed by atoms with Gasteiger partial charge in [-0.1, -0.05) is 42.5 Å². The Morgan fingerprint density at radius 2 is 1.64 bits per heavy atom. The van der Waals surface area contributed by atoms with E-state index in [-0.39, 0.29) is 17.7 Å². The number of anilines is 1. The topological polar surface area (TPSA) is 45.6 Å². The number of amides is 2. The number of benzene rings is 3. The molecule has 2 amide bonds. The van der Waals surface area contributed by atoms with Gasteiger partial charge in [0.1, 0.15) is 0 Å². The third kappa shape index (κ3) is 4.05. The minimum atomic E-state index is -0.256. The van der Waals surface area contributed by atoms with Gasteiger partial charge in [-0.15, -0.1) is 0 Å². The van der Waals surface area contributed by atoms with Gasteiger partial charge in [0.15, 0.2) is 0 Å². The lowest BCUT2D eigenvalue weighted by Gasteiger charge is -2.14. The normalized spacial score (nSPS) is 15.1. The summed E-state index contributed by atoms with van der Waals surface area (Å²) in [6, 6.07) is 26.0. The molecule has 5 nitrogen and oxygen atoms in total. The van der Waals surface area contributed by atoms with Gasteiger partial charge in [-0.3, -0.25) is 14.5 Å². The molecule has 1 aliphatic heterocycles. The lowest BCUT2D eigenvalue weighted by molar-refractivity contribution is -0.123. The van der Waals surface area contributed by atoms with Gasteiger partial charge < -0.3 is 9.47 Å². The van der Waals surface area contributed by atoms with Crippen LogP contribution >= 0.6 is 11.8 Å². The zero-order valence-electron chi connectivity index (χ0n) is 18.4. The Hall–Kier alpha value is -3.77. The summed E-state index contributed by atoms with van der Waals surface area (Å²) in [7, 11) is 4.01. The number of carbonyl (C=O) groups excluding carboxylic acids is 2. The Labute approximate surface area is 196 Å².